The van der Waals surface area contributed by atoms with Crippen LogP contribution in [0, 0.1) is 0 Å². The molecule has 2 aromatic carbocycles. The van der Waals surface area contributed by atoms with Gasteiger partial charge in [0, 0.05) is 22.5 Å². The number of carbonyl (C=O) groups is 2. The van der Waals surface area contributed by atoms with E-state index in [2.05, 4.69) is 20.6 Å². The van der Waals surface area contributed by atoms with Crippen LogP contribution in [-0.2, 0) is 17.4 Å². The molecule has 4 rings (SSSR count). The minimum Gasteiger partial charge on any atom is -0.351 e. The van der Waals surface area contributed by atoms with Crippen molar-refractivity contribution in [1.82, 2.24) is 20.6 Å². The lowest BCUT2D eigenvalue weighted by atomic mass is 9.90. The van der Waals surface area contributed by atoms with Crippen LogP contribution in [0.2, 0.25) is 0 Å². The van der Waals surface area contributed by atoms with E-state index in [4.69, 9.17) is 0 Å². The Labute approximate surface area is 199 Å². The summed E-state index contributed by atoms with van der Waals surface area (Å²) in [5.74, 6) is -0.395. The maximum atomic E-state index is 13.2. The molecular weight excluding hydrogens is 465 g/mol. The van der Waals surface area contributed by atoms with Gasteiger partial charge in [-0.05, 0) is 55.5 Å². The number of thioether (sulfide) groups is 1. The Morgan fingerprint density at radius 1 is 1.06 bits per heavy atom. The van der Waals surface area contributed by atoms with Crippen molar-refractivity contribution in [1.29, 1.82) is 0 Å². The van der Waals surface area contributed by atoms with Crippen molar-refractivity contribution in [3.63, 3.8) is 0 Å². The van der Waals surface area contributed by atoms with Gasteiger partial charge >= 0.3 is 6.18 Å². The molecule has 1 aliphatic carbocycles. The Hall–Kier alpha value is -3.01. The summed E-state index contributed by atoms with van der Waals surface area (Å²) in [4.78, 5) is 33.3. The molecule has 0 saturated heterocycles. The van der Waals surface area contributed by atoms with E-state index in [0.29, 0.717) is 12.0 Å². The highest BCUT2D eigenvalue weighted by molar-refractivity contribution is 7.98. The molecule has 3 aromatic rings. The van der Waals surface area contributed by atoms with Crippen molar-refractivity contribution in [2.75, 3.05) is 6.26 Å². The van der Waals surface area contributed by atoms with Crippen molar-refractivity contribution >= 4 is 34.6 Å². The van der Waals surface area contributed by atoms with Gasteiger partial charge in [0.25, 0.3) is 5.91 Å². The number of carbonyl (C=O) groups excluding carboxylic acids is 2. The molecule has 1 aliphatic rings. The summed E-state index contributed by atoms with van der Waals surface area (Å²) in [6, 6.07) is 10.6. The number of H-pyrrole nitrogens is 1. The molecule has 6 nitrogen and oxygen atoms in total. The zero-order valence-corrected chi connectivity index (χ0v) is 19.4. The number of hydrogen-bond acceptors (Lipinski definition) is 4. The fourth-order valence-corrected chi connectivity index (χ4v) is 4.68. The summed E-state index contributed by atoms with van der Waals surface area (Å²) in [6.45, 7) is 0. The van der Waals surface area contributed by atoms with E-state index >= 15 is 0 Å². The Morgan fingerprint density at radius 2 is 1.74 bits per heavy atom. The number of aromatic amines is 1. The molecule has 2 unspecified atom stereocenters. The van der Waals surface area contributed by atoms with Gasteiger partial charge in [-0.1, -0.05) is 18.9 Å². The van der Waals surface area contributed by atoms with Crippen LogP contribution >= 0.6 is 11.8 Å². The number of rotatable bonds is 6. The molecule has 0 aliphatic heterocycles. The molecule has 3 N–H and O–H groups in total. The number of aromatic nitrogens is 2. The first-order valence-corrected chi connectivity index (χ1v) is 12.3. The third kappa shape index (κ3) is 5.55. The number of para-hydroxylation sites is 1. The van der Waals surface area contributed by atoms with Crippen molar-refractivity contribution < 1.29 is 22.8 Å². The van der Waals surface area contributed by atoms with Gasteiger partial charge in [-0.3, -0.25) is 9.59 Å². The molecule has 0 bridgehead atoms. The largest absolute Gasteiger partial charge is 0.418 e. The Kier molecular flexibility index (Phi) is 7.16. The van der Waals surface area contributed by atoms with Crippen LogP contribution in [0.5, 0.6) is 0 Å². The topological polar surface area (TPSA) is 86.9 Å². The number of benzene rings is 2. The van der Waals surface area contributed by atoms with E-state index in [1.807, 2.05) is 18.4 Å². The molecule has 1 fully saturated rings. The molecular formula is C24H25F3N4O2S. The van der Waals surface area contributed by atoms with Gasteiger partial charge in [0.15, 0.2) is 0 Å². The number of fused-ring (bicyclic) bond motifs is 1. The van der Waals surface area contributed by atoms with Crippen LogP contribution in [0.15, 0.2) is 47.4 Å². The van der Waals surface area contributed by atoms with Gasteiger partial charge in [0.2, 0.25) is 5.91 Å². The minimum atomic E-state index is -4.53. The normalized spacial score (nSPS) is 18.6. The number of imidazole rings is 1. The summed E-state index contributed by atoms with van der Waals surface area (Å²) in [6.07, 6.45) is 0.549. The number of nitrogens with one attached hydrogen (secondary N) is 3. The SMILES string of the molecule is CSc1ccc(C(=O)NC2CCCCC2NC(=O)Cc2nc3c(C(F)(F)F)cccc3[nH]2)cc1. The van der Waals surface area contributed by atoms with Crippen molar-refractivity contribution in [3.05, 3.63) is 59.4 Å². The van der Waals surface area contributed by atoms with E-state index in [-0.39, 0.29) is 47.2 Å². The number of halogens is 3. The fraction of sp³-hybridized carbons (Fsp3) is 0.375. The molecule has 0 radical (unpaired) electrons. The standard InChI is InChI=1S/C24H25F3N4O2S/c1-34-15-11-9-14(10-12-15)23(33)30-18-7-3-2-6-17(18)29-21(32)13-20-28-19-8-4-5-16(22(19)31-20)24(25,26)27/h4-5,8-12,17-18H,2-3,6-7,13H2,1H3,(H,28,31)(H,29,32)(H,30,33). The van der Waals surface area contributed by atoms with E-state index in [0.717, 1.165) is 30.2 Å². The Balaban J connectivity index is 1.41. The van der Waals surface area contributed by atoms with Crippen LogP contribution in [0.3, 0.4) is 0 Å². The maximum absolute atomic E-state index is 13.2. The highest BCUT2D eigenvalue weighted by Gasteiger charge is 2.34. The molecule has 2 atom stereocenters. The average molecular weight is 491 g/mol. The second-order valence-electron chi connectivity index (χ2n) is 8.33. The summed E-state index contributed by atoms with van der Waals surface area (Å²) in [5.41, 5.74) is -0.259. The molecule has 1 saturated carbocycles. The lowest BCUT2D eigenvalue weighted by molar-refractivity contribution is -0.136. The van der Waals surface area contributed by atoms with Crippen LogP contribution < -0.4 is 10.6 Å². The van der Waals surface area contributed by atoms with Crippen molar-refractivity contribution in [3.8, 4) is 0 Å². The summed E-state index contributed by atoms with van der Waals surface area (Å²) in [5, 5.41) is 5.97. The summed E-state index contributed by atoms with van der Waals surface area (Å²) >= 11 is 1.59. The van der Waals surface area contributed by atoms with Crippen molar-refractivity contribution in [2.45, 2.75) is 55.3 Å². The molecule has 2 amide bonds. The predicted octanol–water partition coefficient (Wildman–Crippen LogP) is 4.70. The summed E-state index contributed by atoms with van der Waals surface area (Å²) < 4.78 is 39.7. The number of nitrogens with zero attached hydrogens (tertiary/aromatic N) is 1. The average Bonchev–Trinajstić information content (AvgIpc) is 3.21. The molecule has 10 heteroatoms. The van der Waals surface area contributed by atoms with Crippen LogP contribution in [0.25, 0.3) is 11.0 Å². The zero-order chi connectivity index (χ0) is 24.3. The van der Waals surface area contributed by atoms with Gasteiger partial charge in [-0.2, -0.15) is 13.2 Å². The van der Waals surface area contributed by atoms with E-state index in [9.17, 15) is 22.8 Å². The van der Waals surface area contributed by atoms with Gasteiger partial charge in [-0.15, -0.1) is 11.8 Å². The van der Waals surface area contributed by atoms with Crippen molar-refractivity contribution in [2.24, 2.45) is 0 Å². The predicted molar refractivity (Wildman–Crippen MR) is 125 cm³/mol. The minimum absolute atomic E-state index is 0.162. The highest BCUT2D eigenvalue weighted by Crippen LogP contribution is 2.33. The smallest absolute Gasteiger partial charge is 0.351 e. The second kappa shape index (κ2) is 10.1. The second-order valence-corrected chi connectivity index (χ2v) is 9.21. The first-order chi connectivity index (χ1) is 16.2. The van der Waals surface area contributed by atoms with Crippen LogP contribution in [0.4, 0.5) is 13.2 Å². The first kappa shape index (κ1) is 24.1. The van der Waals surface area contributed by atoms with Crippen LogP contribution in [0.1, 0.15) is 47.4 Å². The third-order valence-corrected chi connectivity index (χ3v) is 6.72. The number of hydrogen-bond donors (Lipinski definition) is 3. The fourth-order valence-electron chi connectivity index (χ4n) is 4.28. The Morgan fingerprint density at radius 3 is 2.38 bits per heavy atom. The Bertz CT molecular complexity index is 1180. The lowest BCUT2D eigenvalue weighted by Gasteiger charge is -2.32. The monoisotopic (exact) mass is 490 g/mol. The maximum Gasteiger partial charge on any atom is 0.418 e. The molecule has 34 heavy (non-hydrogen) atoms. The van der Waals surface area contributed by atoms with Gasteiger partial charge in [-0.25, -0.2) is 4.98 Å². The third-order valence-electron chi connectivity index (χ3n) is 5.98. The quantitative estimate of drug-likeness (QED) is 0.437. The van der Waals surface area contributed by atoms with Gasteiger partial charge in [0.1, 0.15) is 11.3 Å². The number of alkyl halides is 3. The molecule has 180 valence electrons. The molecule has 1 aromatic heterocycles. The van der Waals surface area contributed by atoms with Gasteiger partial charge < -0.3 is 15.6 Å². The zero-order valence-electron chi connectivity index (χ0n) is 18.5. The van der Waals surface area contributed by atoms with E-state index in [1.165, 1.54) is 12.1 Å². The number of amides is 2. The van der Waals surface area contributed by atoms with E-state index < -0.39 is 11.7 Å². The summed E-state index contributed by atoms with van der Waals surface area (Å²) in [7, 11) is 0. The lowest BCUT2D eigenvalue weighted by Crippen LogP contribution is -2.53. The molecule has 0 spiro atoms. The first-order valence-electron chi connectivity index (χ1n) is 11.0. The highest BCUT2D eigenvalue weighted by atomic mass is 32.2. The van der Waals surface area contributed by atoms with E-state index in [1.54, 1.807) is 23.9 Å². The van der Waals surface area contributed by atoms with Crippen LogP contribution in [-0.4, -0.2) is 40.1 Å². The van der Waals surface area contributed by atoms with Gasteiger partial charge in [0.05, 0.1) is 17.5 Å². The molecule has 1 heterocycles.